The minimum Gasteiger partial charge on any atom is -0.377 e. The molecule has 0 bridgehead atoms. The predicted molar refractivity (Wildman–Crippen MR) is 536 cm³/mol. The van der Waals surface area contributed by atoms with Crippen LogP contribution in [0.3, 0.4) is 0 Å². The van der Waals surface area contributed by atoms with Crippen molar-refractivity contribution in [3.05, 3.63) is 83.9 Å². The van der Waals surface area contributed by atoms with Gasteiger partial charge in [0, 0.05) is 82.4 Å². The van der Waals surface area contributed by atoms with Crippen LogP contribution in [0.5, 0.6) is 0 Å². The summed E-state index contributed by atoms with van der Waals surface area (Å²) >= 11 is 6.65. The number of carbonyl (C=O) groups excluding carboxylic acids is 12. The average Bonchev–Trinajstić information content (AvgIpc) is 1.18. The first-order chi connectivity index (χ1) is 64.5. The van der Waals surface area contributed by atoms with Crippen LogP contribution < -0.4 is 132 Å². The Kier molecular flexibility index (Phi) is 58.9. The number of amides is 12. The molecule has 0 radical (unpaired) electrons. The number of primary amides is 2. The number of benzene rings is 3. The largest absolute Gasteiger partial charge is 0.377 e. The number of nitrogens with two attached hydrogens (primary N) is 10. The van der Waals surface area contributed by atoms with Gasteiger partial charge in [-0.05, 0) is 198 Å². The Morgan fingerprint density at radius 2 is 0.733 bits per heavy atom. The van der Waals surface area contributed by atoms with Gasteiger partial charge in [-0.25, -0.2) is 0 Å². The van der Waals surface area contributed by atoms with E-state index in [2.05, 4.69) is 122 Å². The summed E-state index contributed by atoms with van der Waals surface area (Å²) in [5.74, 6) is -7.75. The van der Waals surface area contributed by atoms with Crippen LogP contribution in [0.1, 0.15) is 142 Å². The molecule has 43 nitrogen and oxygen atoms in total. The maximum Gasteiger partial charge on any atom is 0.246 e. The highest BCUT2D eigenvalue weighted by molar-refractivity contribution is 8.18. The number of unbranched alkanes of at least 4 members (excludes halogenated alkanes) is 1. The topological polar surface area (TPSA) is 711 Å². The van der Waals surface area contributed by atoms with Crippen molar-refractivity contribution in [2.75, 3.05) is 148 Å². The summed E-state index contributed by atoms with van der Waals surface area (Å²) in [5, 5.41) is 43.1. The summed E-state index contributed by atoms with van der Waals surface area (Å²) in [4.78, 5) is 185. The molecule has 0 aliphatic carbocycles. The fraction of sp³-hybridized carbons (Fsp3) is 0.636. The number of ether oxygens (including phenoxy) is 3. The Hall–Kier alpha value is -10.2. The number of fused-ring (bicyclic) bond motifs is 1. The molecule has 1 heterocycles. The van der Waals surface area contributed by atoms with E-state index in [1.54, 1.807) is 78.6 Å². The SMILES string of the molecule is CCOCC(=O)N[C@@H](CSC(C)(C)SCCNCCCNCCCCNCCCNCCCSC(C)(C)SC[C@H](NC(=O)COCCOCCNC(=O)CC[C@@H]1NC(=O)[C@@H](CCCN=C(N)N)NC(=O)[C@H](CCCN=C(N)N)NC(=O)[C@@H](CCCN=C(N)N)NC(=O)[C@H](CCCN=C(N)N)NC(=O)[C@H](Cc2ccc3ccccc3c2)NC(=O)[C@@H](Cc2ccccc2)NC1=O)C(N)=O)C(N)=O. The van der Waals surface area contributed by atoms with Crippen molar-refractivity contribution in [3.8, 4) is 0 Å². The van der Waals surface area contributed by atoms with Gasteiger partial charge in [0.15, 0.2) is 23.8 Å². The Balaban J connectivity index is 1.35. The van der Waals surface area contributed by atoms with Gasteiger partial charge in [-0.2, -0.15) is 0 Å². The predicted octanol–water partition coefficient (Wildman–Crippen LogP) is -3.13. The molecule has 4 rings (SSSR count). The number of carbonyl (C=O) groups is 12. The quantitative estimate of drug-likeness (QED) is 0.0115. The van der Waals surface area contributed by atoms with E-state index in [0.29, 0.717) is 23.5 Å². The van der Waals surface area contributed by atoms with Gasteiger partial charge < -0.3 is 146 Å². The third-order valence-electron chi connectivity index (χ3n) is 20.6. The zero-order chi connectivity index (χ0) is 99.2. The lowest BCUT2D eigenvalue weighted by molar-refractivity contribution is -0.135. The molecule has 34 N–H and O–H groups in total. The maximum absolute atomic E-state index is 15.3. The molecule has 9 atom stereocenters. The summed E-state index contributed by atoms with van der Waals surface area (Å²) < 4.78 is 15.9. The number of thioether (sulfide) groups is 4. The van der Waals surface area contributed by atoms with E-state index in [9.17, 15) is 38.4 Å². The fourth-order valence-corrected chi connectivity index (χ4v) is 18.1. The van der Waals surface area contributed by atoms with E-state index in [4.69, 9.17) is 71.5 Å². The Bertz CT molecular complexity index is 4230. The third kappa shape index (κ3) is 54.3. The summed E-state index contributed by atoms with van der Waals surface area (Å²) in [6.07, 6.45) is 3.71. The number of nitrogens with one attached hydrogen (secondary N) is 14. The Labute approximate surface area is 809 Å². The van der Waals surface area contributed by atoms with E-state index >= 15 is 19.2 Å². The normalized spacial score (nSPS) is 17.6. The maximum atomic E-state index is 15.3. The highest BCUT2D eigenvalue weighted by atomic mass is 32.2. The van der Waals surface area contributed by atoms with Gasteiger partial charge in [-0.15, -0.1) is 47.0 Å². The lowest BCUT2D eigenvalue weighted by Gasteiger charge is -2.28. The molecule has 3 aromatic carbocycles. The molecular formula is C88H150N28O15S4. The molecule has 47 heteroatoms. The number of aliphatic imine (C=N–C) groups is 4. The molecule has 12 amide bonds. The average molecular weight is 1970 g/mol. The van der Waals surface area contributed by atoms with Crippen LogP contribution in [0.2, 0.25) is 0 Å². The summed E-state index contributed by atoms with van der Waals surface area (Å²) in [6, 6.07) is 9.23. The van der Waals surface area contributed by atoms with Crippen LogP contribution in [0.4, 0.5) is 0 Å². The summed E-state index contributed by atoms with van der Waals surface area (Å²) in [7, 11) is 0. The van der Waals surface area contributed by atoms with Gasteiger partial charge in [0.25, 0.3) is 0 Å². The van der Waals surface area contributed by atoms with Crippen molar-refractivity contribution < 1.29 is 71.7 Å². The van der Waals surface area contributed by atoms with E-state index in [1.807, 2.05) is 36.4 Å². The first-order valence-electron chi connectivity index (χ1n) is 46.0. The van der Waals surface area contributed by atoms with Crippen molar-refractivity contribution in [3.63, 3.8) is 0 Å². The molecule has 1 saturated heterocycles. The second-order valence-corrected chi connectivity index (χ2v) is 40.2. The minimum absolute atomic E-state index is 0.00140. The van der Waals surface area contributed by atoms with E-state index < -0.39 is 139 Å². The molecule has 1 aliphatic heterocycles. The van der Waals surface area contributed by atoms with Gasteiger partial charge in [0.05, 0.1) is 28.0 Å². The molecule has 756 valence electrons. The molecule has 135 heavy (non-hydrogen) atoms. The smallest absolute Gasteiger partial charge is 0.246 e. The first-order valence-corrected chi connectivity index (χ1v) is 49.9. The highest BCUT2D eigenvalue weighted by Gasteiger charge is 2.37. The van der Waals surface area contributed by atoms with Gasteiger partial charge in [0.1, 0.15) is 67.6 Å². The molecular weight excluding hydrogens is 1820 g/mol. The summed E-state index contributed by atoms with van der Waals surface area (Å²) in [5.41, 5.74) is 57.7. The van der Waals surface area contributed by atoms with E-state index in [0.717, 1.165) is 107 Å². The van der Waals surface area contributed by atoms with Gasteiger partial charge >= 0.3 is 0 Å². The second-order valence-electron chi connectivity index (χ2n) is 32.9. The van der Waals surface area contributed by atoms with Crippen LogP contribution in [0.25, 0.3) is 10.8 Å². The van der Waals surface area contributed by atoms with Gasteiger partial charge in [0.2, 0.25) is 70.9 Å². The van der Waals surface area contributed by atoms with Gasteiger partial charge in [-0.1, -0.05) is 72.8 Å². The number of hydrogen-bond acceptors (Lipinski definition) is 27. The lowest BCUT2D eigenvalue weighted by atomic mass is 9.99. The number of hydrogen-bond donors (Lipinski definition) is 24. The molecule has 0 saturated carbocycles. The van der Waals surface area contributed by atoms with Crippen molar-refractivity contribution in [2.45, 2.75) is 206 Å². The molecule has 1 aliphatic rings. The number of rotatable bonds is 66. The monoisotopic (exact) mass is 1970 g/mol. The van der Waals surface area contributed by atoms with Crippen LogP contribution in [0.15, 0.2) is 92.8 Å². The lowest BCUT2D eigenvalue weighted by Crippen LogP contribution is -2.60. The zero-order valence-corrected chi connectivity index (χ0v) is 82.0. The second kappa shape index (κ2) is 67.9. The minimum atomic E-state index is -1.64. The third-order valence-corrected chi connectivity index (χ3v) is 26.7. The van der Waals surface area contributed by atoms with Crippen LogP contribution in [0, 0.1) is 0 Å². The first kappa shape index (κ1) is 117. The molecule has 3 aromatic rings. The van der Waals surface area contributed by atoms with Crippen LogP contribution >= 0.6 is 47.0 Å². The Morgan fingerprint density at radius 1 is 0.370 bits per heavy atom. The molecule has 1 fully saturated rings. The van der Waals surface area contributed by atoms with Crippen LogP contribution in [-0.4, -0.2) is 305 Å². The fourth-order valence-electron chi connectivity index (χ4n) is 13.4. The zero-order valence-electron chi connectivity index (χ0n) is 78.7. The van der Waals surface area contributed by atoms with Crippen molar-refractivity contribution in [1.29, 1.82) is 0 Å². The van der Waals surface area contributed by atoms with Crippen molar-refractivity contribution in [2.24, 2.45) is 77.3 Å². The molecule has 0 unspecified atom stereocenters. The van der Waals surface area contributed by atoms with E-state index in [1.165, 1.54) is 11.8 Å². The van der Waals surface area contributed by atoms with E-state index in [-0.39, 0.29) is 167 Å². The van der Waals surface area contributed by atoms with Crippen molar-refractivity contribution in [1.82, 2.24) is 74.4 Å². The standard InChI is InChI=1S/C88H150N28O15S4/c1-6-129-54-72(118)108-69(74(89)120)57-135-88(4,5)133-50-45-102-38-19-36-100-34-13-12-33-99-35-18-37-101-39-20-49-132-87(2,3)134-56-70(75(90)121)109-73(119)55-131-48-47-130-46-44-103-71(117)32-31-66-80(126)115-67(52-58-21-8-7-9-22-58)82(128)116-68(53-59-29-30-60-23-10-11-24-61(60)51-59)81(127)113-65(28-17-43-107-86(97)98)78(124)111-63(26-15-41-105-84(93)94)76(122)110-62(25-14-40-104-83(91)92)77(123)112-64(79(125)114-66)27-16-42-106-85(95)96/h7-11,21-24,29-30,51,62-70,99-102H,6,12-20,25-28,31-50,52-57H2,1-5H3,(H2,89,120)(H2,90,121)(H,103,117)(H,108,118)(H,109,119)(H,110,122)(H,111,124)(H,112,123)(H,113,127)(H,114,125)(H,115,126)(H,116,128)(H4,91,92,104)(H4,93,94,105)(H4,95,96,106)(H4,97,98,107)/t62-,63+,64+,65-,66-,67+,68-,69-,70-/m0/s1. The molecule has 0 aromatic heterocycles. The summed E-state index contributed by atoms with van der Waals surface area (Å²) in [6.45, 7) is 17.2. The van der Waals surface area contributed by atoms with Crippen LogP contribution in [-0.2, 0) is 84.6 Å². The molecule has 0 spiro atoms. The Morgan fingerprint density at radius 3 is 1.16 bits per heavy atom. The number of guanidine groups is 4. The highest BCUT2D eigenvalue weighted by Crippen LogP contribution is 2.38. The number of nitrogens with zero attached hydrogens (tertiary/aromatic N) is 4. The van der Waals surface area contributed by atoms with Crippen molar-refractivity contribution >= 4 is 153 Å². The van der Waals surface area contributed by atoms with Gasteiger partial charge in [-0.3, -0.25) is 77.5 Å².